The van der Waals surface area contributed by atoms with Crippen LogP contribution in [0.1, 0.15) is 52.7 Å². The fourth-order valence-corrected chi connectivity index (χ4v) is 6.94. The molecule has 5 nitrogen and oxygen atoms in total. The lowest BCUT2D eigenvalue weighted by molar-refractivity contribution is 0.102. The molecule has 0 radical (unpaired) electrons. The SMILES string of the molecule is COc1cccc(-n2c(SCC(=O)c3ccc(C)cc3)nc3c(c2=O)C2(CCCC2)Cc2ccccc2-3)c1. The highest BCUT2D eigenvalue weighted by atomic mass is 32.2. The first-order valence-corrected chi connectivity index (χ1v) is 14.1. The fraction of sp³-hybridized carbons (Fsp3) is 0.281. The zero-order valence-electron chi connectivity index (χ0n) is 21.7. The van der Waals surface area contributed by atoms with E-state index in [0.29, 0.717) is 22.2 Å². The Morgan fingerprint density at radius 2 is 1.79 bits per heavy atom. The van der Waals surface area contributed by atoms with E-state index < -0.39 is 0 Å². The Hall–Kier alpha value is -3.64. The third-order valence-electron chi connectivity index (χ3n) is 7.96. The van der Waals surface area contributed by atoms with Gasteiger partial charge in [-0.3, -0.25) is 14.2 Å². The largest absolute Gasteiger partial charge is 0.497 e. The van der Waals surface area contributed by atoms with Crippen LogP contribution in [-0.4, -0.2) is 28.2 Å². The Kier molecular flexibility index (Phi) is 6.44. The van der Waals surface area contributed by atoms with Crippen molar-refractivity contribution in [3.05, 3.63) is 105 Å². The van der Waals surface area contributed by atoms with E-state index in [0.717, 1.165) is 54.5 Å². The highest BCUT2D eigenvalue weighted by Crippen LogP contribution is 2.50. The van der Waals surface area contributed by atoms with Crippen LogP contribution in [-0.2, 0) is 11.8 Å². The Labute approximate surface area is 226 Å². The average molecular weight is 523 g/mol. The number of carbonyl (C=O) groups excluding carboxylic acids is 1. The number of nitrogens with zero attached hydrogens (tertiary/aromatic N) is 2. The van der Waals surface area contributed by atoms with Gasteiger partial charge < -0.3 is 4.74 Å². The van der Waals surface area contributed by atoms with Gasteiger partial charge in [0.25, 0.3) is 5.56 Å². The zero-order chi connectivity index (χ0) is 26.3. The van der Waals surface area contributed by atoms with Crippen LogP contribution in [0.5, 0.6) is 5.75 Å². The van der Waals surface area contributed by atoms with E-state index in [1.165, 1.54) is 17.3 Å². The number of aryl methyl sites for hydroxylation is 1. The maximum atomic E-state index is 14.5. The number of benzene rings is 3. The van der Waals surface area contributed by atoms with Crippen LogP contribution in [0.15, 0.2) is 82.7 Å². The van der Waals surface area contributed by atoms with Gasteiger partial charge in [-0.15, -0.1) is 0 Å². The minimum atomic E-state index is -0.199. The summed E-state index contributed by atoms with van der Waals surface area (Å²) >= 11 is 1.32. The van der Waals surface area contributed by atoms with Crippen LogP contribution in [0.3, 0.4) is 0 Å². The Bertz CT molecular complexity index is 1580. The molecule has 1 aromatic heterocycles. The number of fused-ring (bicyclic) bond motifs is 4. The maximum Gasteiger partial charge on any atom is 0.263 e. The molecule has 3 aromatic carbocycles. The summed E-state index contributed by atoms with van der Waals surface area (Å²) in [6.07, 6.45) is 5.07. The molecule has 38 heavy (non-hydrogen) atoms. The molecule has 1 spiro atoms. The number of ether oxygens (including phenoxy) is 1. The summed E-state index contributed by atoms with van der Waals surface area (Å²) in [5, 5.41) is 0.521. The Morgan fingerprint density at radius 3 is 2.55 bits per heavy atom. The normalized spacial score (nSPS) is 15.2. The molecule has 6 rings (SSSR count). The summed E-state index contributed by atoms with van der Waals surface area (Å²) < 4.78 is 7.17. The first-order chi connectivity index (χ1) is 18.5. The number of Topliss-reactive ketones (excluding diaryl/α,β-unsaturated/α-hetero) is 1. The van der Waals surface area contributed by atoms with Crippen molar-refractivity contribution in [1.29, 1.82) is 0 Å². The lowest BCUT2D eigenvalue weighted by Crippen LogP contribution is -2.40. The van der Waals surface area contributed by atoms with E-state index in [4.69, 9.17) is 9.72 Å². The maximum absolute atomic E-state index is 14.5. The van der Waals surface area contributed by atoms with Gasteiger partial charge in [0.15, 0.2) is 10.9 Å². The summed E-state index contributed by atoms with van der Waals surface area (Å²) in [7, 11) is 1.62. The minimum absolute atomic E-state index is 0.00632. The second kappa shape index (κ2) is 9.91. The third kappa shape index (κ3) is 4.27. The van der Waals surface area contributed by atoms with Gasteiger partial charge >= 0.3 is 0 Å². The highest BCUT2D eigenvalue weighted by Gasteiger charge is 2.44. The van der Waals surface area contributed by atoms with Crippen molar-refractivity contribution in [3.8, 4) is 22.7 Å². The monoisotopic (exact) mass is 522 g/mol. The van der Waals surface area contributed by atoms with Gasteiger partial charge in [-0.2, -0.15) is 0 Å². The zero-order valence-corrected chi connectivity index (χ0v) is 22.5. The molecule has 2 aliphatic rings. The van der Waals surface area contributed by atoms with E-state index in [2.05, 4.69) is 18.2 Å². The molecule has 0 atom stereocenters. The molecule has 1 saturated carbocycles. The molecule has 0 saturated heterocycles. The predicted octanol–water partition coefficient (Wildman–Crippen LogP) is 6.56. The molecule has 0 amide bonds. The van der Waals surface area contributed by atoms with E-state index >= 15 is 0 Å². The second-order valence-electron chi connectivity index (χ2n) is 10.4. The van der Waals surface area contributed by atoms with Crippen molar-refractivity contribution >= 4 is 17.5 Å². The molecular formula is C32H30N2O3S. The molecule has 1 heterocycles. The second-order valence-corrected chi connectivity index (χ2v) is 11.3. The Balaban J connectivity index is 1.53. The average Bonchev–Trinajstić information content (AvgIpc) is 3.40. The van der Waals surface area contributed by atoms with Crippen LogP contribution in [0.2, 0.25) is 0 Å². The van der Waals surface area contributed by atoms with E-state index in [1.807, 2.05) is 61.5 Å². The number of methoxy groups -OCH3 is 1. The van der Waals surface area contributed by atoms with E-state index in [-0.39, 0.29) is 22.5 Å². The first-order valence-electron chi connectivity index (χ1n) is 13.1. The van der Waals surface area contributed by atoms with Crippen molar-refractivity contribution in [2.24, 2.45) is 0 Å². The molecule has 0 bridgehead atoms. The number of rotatable bonds is 6. The van der Waals surface area contributed by atoms with Crippen LogP contribution in [0.4, 0.5) is 0 Å². The summed E-state index contributed by atoms with van der Waals surface area (Å²) in [5.41, 5.74) is 6.11. The topological polar surface area (TPSA) is 61.2 Å². The molecule has 6 heteroatoms. The molecule has 192 valence electrons. The van der Waals surface area contributed by atoms with Gasteiger partial charge in [-0.25, -0.2) is 4.98 Å². The number of hydrogen-bond donors (Lipinski definition) is 0. The molecule has 0 aliphatic heterocycles. The number of ketones is 1. The fourth-order valence-electron chi connectivity index (χ4n) is 6.04. The summed E-state index contributed by atoms with van der Waals surface area (Å²) in [6, 6.07) is 23.4. The van der Waals surface area contributed by atoms with Gasteiger partial charge in [0.2, 0.25) is 0 Å². The van der Waals surface area contributed by atoms with Crippen molar-refractivity contribution in [2.75, 3.05) is 12.9 Å². The summed E-state index contributed by atoms with van der Waals surface area (Å²) in [6.45, 7) is 2.00. The lowest BCUT2D eigenvalue weighted by Gasteiger charge is -2.36. The molecule has 4 aromatic rings. The van der Waals surface area contributed by atoms with Crippen LogP contribution in [0.25, 0.3) is 16.9 Å². The van der Waals surface area contributed by atoms with Gasteiger partial charge in [-0.1, -0.05) is 84.8 Å². The first kappa shape index (κ1) is 24.7. The number of carbonyl (C=O) groups is 1. The number of hydrogen-bond acceptors (Lipinski definition) is 5. The van der Waals surface area contributed by atoms with Gasteiger partial charge in [0.05, 0.1) is 29.8 Å². The van der Waals surface area contributed by atoms with Crippen LogP contribution < -0.4 is 10.3 Å². The number of aromatic nitrogens is 2. The molecule has 0 N–H and O–H groups in total. The van der Waals surface area contributed by atoms with Crippen molar-refractivity contribution in [2.45, 2.75) is 49.6 Å². The standard InChI is InChI=1S/C32H30N2O3S/c1-21-12-14-22(15-13-21)27(35)20-38-31-33-29-26-11-4-3-8-23(26)19-32(16-5-6-17-32)28(29)30(36)34(31)24-9-7-10-25(18-24)37-2/h3-4,7-15,18H,5-6,16-17,19-20H2,1-2H3. The predicted molar refractivity (Wildman–Crippen MR) is 152 cm³/mol. The summed E-state index contributed by atoms with van der Waals surface area (Å²) in [4.78, 5) is 32.8. The molecular weight excluding hydrogens is 492 g/mol. The number of thioether (sulfide) groups is 1. The Morgan fingerprint density at radius 1 is 1.03 bits per heavy atom. The van der Waals surface area contributed by atoms with Crippen molar-refractivity contribution in [1.82, 2.24) is 9.55 Å². The van der Waals surface area contributed by atoms with Crippen molar-refractivity contribution in [3.63, 3.8) is 0 Å². The van der Waals surface area contributed by atoms with E-state index in [9.17, 15) is 9.59 Å². The third-order valence-corrected chi connectivity index (χ3v) is 8.90. The van der Waals surface area contributed by atoms with Gasteiger partial charge in [0, 0.05) is 22.6 Å². The van der Waals surface area contributed by atoms with Crippen LogP contribution >= 0.6 is 11.8 Å². The minimum Gasteiger partial charge on any atom is -0.497 e. The van der Waals surface area contributed by atoms with Gasteiger partial charge in [-0.05, 0) is 43.9 Å². The molecule has 2 aliphatic carbocycles. The van der Waals surface area contributed by atoms with Gasteiger partial charge in [0.1, 0.15) is 5.75 Å². The summed E-state index contributed by atoms with van der Waals surface area (Å²) in [5.74, 6) is 0.858. The van der Waals surface area contributed by atoms with E-state index in [1.54, 1.807) is 11.7 Å². The van der Waals surface area contributed by atoms with Crippen LogP contribution in [0, 0.1) is 6.92 Å². The highest BCUT2D eigenvalue weighted by molar-refractivity contribution is 7.99. The quantitative estimate of drug-likeness (QED) is 0.163. The smallest absolute Gasteiger partial charge is 0.263 e. The molecule has 0 unspecified atom stereocenters. The molecule has 1 fully saturated rings. The lowest BCUT2D eigenvalue weighted by atomic mass is 9.68. The van der Waals surface area contributed by atoms with Crippen molar-refractivity contribution < 1.29 is 9.53 Å².